The topological polar surface area (TPSA) is 55.1 Å². The van der Waals surface area contributed by atoms with Gasteiger partial charge in [-0.05, 0) is 6.92 Å². The third-order valence-electron chi connectivity index (χ3n) is 0.753. The van der Waals surface area contributed by atoms with Crippen molar-refractivity contribution in [2.75, 3.05) is 7.05 Å². The van der Waals surface area contributed by atoms with Crippen LogP contribution in [0.15, 0.2) is 11.8 Å². The molecule has 0 spiro atoms. The van der Waals surface area contributed by atoms with Gasteiger partial charge in [0.05, 0.1) is 0 Å². The van der Waals surface area contributed by atoms with E-state index in [0.717, 1.165) is 5.70 Å². The van der Waals surface area contributed by atoms with Gasteiger partial charge in [-0.15, -0.1) is 0 Å². The second-order valence-electron chi connectivity index (χ2n) is 1.48. The second kappa shape index (κ2) is 3.07. The van der Waals surface area contributed by atoms with Gasteiger partial charge in [0.1, 0.15) is 0 Å². The number of hydrogen-bond donors (Lipinski definition) is 2. The maximum Gasteiger partial charge on any atom is 0.243 e. The molecule has 0 aromatic rings. The molecule has 3 heteroatoms. The molecule has 1 amide bonds. The molecule has 0 aliphatic rings. The SMILES string of the molecule is CNC(C)=CC(N)=O. The average molecular weight is 114 g/mol. The maximum atomic E-state index is 10.1. The molecule has 0 bridgehead atoms. The Balaban J connectivity index is 3.75. The molecule has 0 unspecified atom stereocenters. The lowest BCUT2D eigenvalue weighted by Gasteiger charge is -1.93. The summed E-state index contributed by atoms with van der Waals surface area (Å²) >= 11 is 0. The minimum atomic E-state index is -0.420. The van der Waals surface area contributed by atoms with Gasteiger partial charge in [0, 0.05) is 18.8 Å². The van der Waals surface area contributed by atoms with Crippen LogP contribution in [-0.2, 0) is 4.79 Å². The molecule has 0 aliphatic carbocycles. The normalized spacial score (nSPS) is 11.0. The largest absolute Gasteiger partial charge is 0.391 e. The van der Waals surface area contributed by atoms with E-state index in [1.54, 1.807) is 14.0 Å². The van der Waals surface area contributed by atoms with E-state index in [1.807, 2.05) is 0 Å². The standard InChI is InChI=1S/C5H10N2O/c1-4(7-2)3-5(6)8/h3,7H,1-2H3,(H2,6,8). The summed E-state index contributed by atoms with van der Waals surface area (Å²) in [5.41, 5.74) is 5.59. The highest BCUT2D eigenvalue weighted by molar-refractivity contribution is 5.86. The van der Waals surface area contributed by atoms with Gasteiger partial charge in [0.2, 0.25) is 5.91 Å². The van der Waals surface area contributed by atoms with Gasteiger partial charge in [-0.3, -0.25) is 4.79 Å². The summed E-state index contributed by atoms with van der Waals surface area (Å²) in [7, 11) is 1.73. The Kier molecular flexibility index (Phi) is 2.69. The molecule has 0 fully saturated rings. The molecule has 8 heavy (non-hydrogen) atoms. The first kappa shape index (κ1) is 7.01. The Bertz CT molecular complexity index is 118. The smallest absolute Gasteiger partial charge is 0.243 e. The summed E-state index contributed by atoms with van der Waals surface area (Å²) in [5.74, 6) is -0.420. The number of allylic oxidation sites excluding steroid dienone is 1. The number of rotatable bonds is 2. The quantitative estimate of drug-likeness (QED) is 0.480. The highest BCUT2D eigenvalue weighted by Crippen LogP contribution is 1.79. The first-order valence-corrected chi connectivity index (χ1v) is 2.32. The van der Waals surface area contributed by atoms with Crippen LogP contribution >= 0.6 is 0 Å². The fourth-order valence-corrected chi connectivity index (χ4v) is 0.286. The van der Waals surface area contributed by atoms with Gasteiger partial charge in [-0.2, -0.15) is 0 Å². The number of nitrogens with two attached hydrogens (primary N) is 1. The van der Waals surface area contributed by atoms with Crippen LogP contribution in [0.3, 0.4) is 0 Å². The fraction of sp³-hybridized carbons (Fsp3) is 0.400. The molecule has 0 rings (SSSR count). The van der Waals surface area contributed by atoms with Crippen molar-refractivity contribution in [3.05, 3.63) is 11.8 Å². The van der Waals surface area contributed by atoms with Crippen molar-refractivity contribution in [2.24, 2.45) is 5.73 Å². The van der Waals surface area contributed by atoms with Crippen molar-refractivity contribution < 1.29 is 4.79 Å². The van der Waals surface area contributed by atoms with Crippen molar-refractivity contribution in [3.8, 4) is 0 Å². The van der Waals surface area contributed by atoms with Crippen LogP contribution < -0.4 is 11.1 Å². The van der Waals surface area contributed by atoms with Crippen LogP contribution in [0, 0.1) is 0 Å². The molecular formula is C5H10N2O. The molecule has 0 aromatic carbocycles. The summed E-state index contributed by atoms with van der Waals surface area (Å²) in [6, 6.07) is 0. The minimum absolute atomic E-state index is 0.420. The van der Waals surface area contributed by atoms with Gasteiger partial charge in [-0.25, -0.2) is 0 Å². The zero-order chi connectivity index (χ0) is 6.57. The number of nitrogens with one attached hydrogen (secondary N) is 1. The number of amides is 1. The highest BCUT2D eigenvalue weighted by atomic mass is 16.1. The van der Waals surface area contributed by atoms with Crippen molar-refractivity contribution in [1.82, 2.24) is 5.32 Å². The van der Waals surface area contributed by atoms with Crippen molar-refractivity contribution in [3.63, 3.8) is 0 Å². The molecule has 3 N–H and O–H groups in total. The Hall–Kier alpha value is -0.990. The van der Waals surface area contributed by atoms with E-state index < -0.39 is 5.91 Å². The van der Waals surface area contributed by atoms with E-state index in [-0.39, 0.29) is 0 Å². The lowest BCUT2D eigenvalue weighted by Crippen LogP contribution is -2.11. The van der Waals surface area contributed by atoms with Gasteiger partial charge in [-0.1, -0.05) is 0 Å². The number of carbonyl (C=O) groups is 1. The fourth-order valence-electron chi connectivity index (χ4n) is 0.286. The Morgan fingerprint density at radius 3 is 2.38 bits per heavy atom. The summed E-state index contributed by atoms with van der Waals surface area (Å²) in [6.07, 6.45) is 1.33. The molecule has 0 saturated carbocycles. The maximum absolute atomic E-state index is 10.1. The third-order valence-corrected chi connectivity index (χ3v) is 0.753. The average Bonchev–Trinajstić information content (AvgIpc) is 1.65. The minimum Gasteiger partial charge on any atom is -0.391 e. The van der Waals surface area contributed by atoms with Gasteiger partial charge in [0.15, 0.2) is 0 Å². The molecule has 46 valence electrons. The van der Waals surface area contributed by atoms with Crippen molar-refractivity contribution in [2.45, 2.75) is 6.92 Å². The summed E-state index contributed by atoms with van der Waals surface area (Å²) in [5, 5.41) is 2.76. The molecule has 3 nitrogen and oxygen atoms in total. The molecule has 0 saturated heterocycles. The van der Waals surface area contributed by atoms with E-state index in [4.69, 9.17) is 5.73 Å². The summed E-state index contributed by atoms with van der Waals surface area (Å²) in [4.78, 5) is 10.1. The van der Waals surface area contributed by atoms with Crippen LogP contribution in [0.4, 0.5) is 0 Å². The zero-order valence-corrected chi connectivity index (χ0v) is 5.06. The van der Waals surface area contributed by atoms with Gasteiger partial charge < -0.3 is 11.1 Å². The molecule has 0 aliphatic heterocycles. The number of carbonyl (C=O) groups excluding carboxylic acids is 1. The third kappa shape index (κ3) is 3.21. The Labute approximate surface area is 48.6 Å². The van der Waals surface area contributed by atoms with Crippen molar-refractivity contribution in [1.29, 1.82) is 0 Å². The first-order valence-electron chi connectivity index (χ1n) is 2.32. The predicted octanol–water partition coefficient (Wildman–Crippen LogP) is -0.405. The first-order chi connectivity index (χ1) is 3.66. The van der Waals surface area contributed by atoms with Crippen LogP contribution in [-0.4, -0.2) is 13.0 Å². The summed E-state index contributed by atoms with van der Waals surface area (Å²) in [6.45, 7) is 1.77. The lowest BCUT2D eigenvalue weighted by molar-refractivity contribution is -0.113. The van der Waals surface area contributed by atoms with E-state index in [0.29, 0.717) is 0 Å². The monoisotopic (exact) mass is 114 g/mol. The zero-order valence-electron chi connectivity index (χ0n) is 5.06. The van der Waals surface area contributed by atoms with E-state index in [1.165, 1.54) is 6.08 Å². The van der Waals surface area contributed by atoms with Gasteiger partial charge >= 0.3 is 0 Å². The molecule has 0 radical (unpaired) electrons. The van der Waals surface area contributed by atoms with Crippen LogP contribution in [0.2, 0.25) is 0 Å². The summed E-state index contributed by atoms with van der Waals surface area (Å²) < 4.78 is 0. The highest BCUT2D eigenvalue weighted by Gasteiger charge is 1.84. The Morgan fingerprint density at radius 2 is 2.25 bits per heavy atom. The van der Waals surface area contributed by atoms with Crippen molar-refractivity contribution >= 4 is 5.91 Å². The lowest BCUT2D eigenvalue weighted by atomic mass is 10.4. The van der Waals surface area contributed by atoms with Crippen LogP contribution in [0.25, 0.3) is 0 Å². The molecule has 0 heterocycles. The van der Waals surface area contributed by atoms with E-state index in [2.05, 4.69) is 5.32 Å². The van der Waals surface area contributed by atoms with E-state index in [9.17, 15) is 4.79 Å². The molecule has 0 aromatic heterocycles. The van der Waals surface area contributed by atoms with Crippen LogP contribution in [0.5, 0.6) is 0 Å². The Morgan fingerprint density at radius 1 is 1.75 bits per heavy atom. The number of hydrogen-bond acceptors (Lipinski definition) is 2. The van der Waals surface area contributed by atoms with Gasteiger partial charge in [0.25, 0.3) is 0 Å². The predicted molar refractivity (Wildman–Crippen MR) is 32.0 cm³/mol. The van der Waals surface area contributed by atoms with Crippen LogP contribution in [0.1, 0.15) is 6.92 Å². The van der Waals surface area contributed by atoms with E-state index >= 15 is 0 Å². The molecule has 0 atom stereocenters. The second-order valence-corrected chi connectivity index (χ2v) is 1.48. The molecular weight excluding hydrogens is 104 g/mol. The number of primary amides is 1.